The average Bonchev–Trinajstić information content (AvgIpc) is 3.33. The summed E-state index contributed by atoms with van der Waals surface area (Å²) in [6.07, 6.45) is 0. The number of rotatable bonds is 6. The van der Waals surface area contributed by atoms with Crippen LogP contribution in [-0.2, 0) is 16.1 Å². The Morgan fingerprint density at radius 2 is 1.81 bits per heavy atom. The molecule has 0 radical (unpaired) electrons. The Bertz CT molecular complexity index is 1310. The summed E-state index contributed by atoms with van der Waals surface area (Å²) >= 11 is 1.30. The van der Waals surface area contributed by atoms with Crippen LogP contribution in [0.25, 0.3) is 22.2 Å². The number of amides is 1. The lowest BCUT2D eigenvalue weighted by Crippen LogP contribution is -2.20. The van der Waals surface area contributed by atoms with Gasteiger partial charge in [-0.1, -0.05) is 35.0 Å². The van der Waals surface area contributed by atoms with E-state index in [0.717, 1.165) is 38.9 Å². The normalized spacial score (nSPS) is 11.0. The van der Waals surface area contributed by atoms with Crippen LogP contribution in [0.5, 0.6) is 0 Å². The largest absolute Gasteiger partial charge is 0.462 e. The summed E-state index contributed by atoms with van der Waals surface area (Å²) in [6.45, 7) is 8.02. The summed E-state index contributed by atoms with van der Waals surface area (Å²) in [5, 5.41) is 13.5. The van der Waals surface area contributed by atoms with E-state index in [1.54, 1.807) is 11.6 Å². The molecule has 8 heteroatoms. The van der Waals surface area contributed by atoms with Gasteiger partial charge in [-0.25, -0.2) is 9.48 Å². The molecule has 4 rings (SSSR count). The minimum absolute atomic E-state index is 0.0148. The zero-order valence-corrected chi connectivity index (χ0v) is 19.2. The van der Waals surface area contributed by atoms with E-state index in [9.17, 15) is 9.59 Å². The highest BCUT2D eigenvalue weighted by Gasteiger charge is 2.23. The predicted molar refractivity (Wildman–Crippen MR) is 126 cm³/mol. The Kier molecular flexibility index (Phi) is 6.05. The van der Waals surface area contributed by atoms with Gasteiger partial charge in [0.25, 0.3) is 0 Å². The number of thiophene rings is 1. The van der Waals surface area contributed by atoms with Crippen LogP contribution >= 0.6 is 11.3 Å². The van der Waals surface area contributed by atoms with Gasteiger partial charge in [-0.15, -0.1) is 16.4 Å². The SMILES string of the molecule is CCOC(=O)c1c(-c2ccc(C)cc2)csc1NC(=O)Cn1nnc2cc(C)c(C)cc21. The Hall–Kier alpha value is -3.52. The summed E-state index contributed by atoms with van der Waals surface area (Å²) in [5.74, 6) is -0.755. The first-order valence-electron chi connectivity index (χ1n) is 10.3. The molecule has 0 spiro atoms. The lowest BCUT2D eigenvalue weighted by atomic mass is 10.0. The fourth-order valence-electron chi connectivity index (χ4n) is 3.44. The van der Waals surface area contributed by atoms with Crippen molar-refractivity contribution in [3.05, 3.63) is 64.0 Å². The highest BCUT2D eigenvalue weighted by molar-refractivity contribution is 7.15. The number of aryl methyl sites for hydroxylation is 3. The van der Waals surface area contributed by atoms with Crippen molar-refractivity contribution in [3.8, 4) is 11.1 Å². The summed E-state index contributed by atoms with van der Waals surface area (Å²) < 4.78 is 6.84. The maximum atomic E-state index is 12.9. The van der Waals surface area contributed by atoms with E-state index in [4.69, 9.17) is 4.74 Å². The van der Waals surface area contributed by atoms with Crippen molar-refractivity contribution in [2.45, 2.75) is 34.2 Å². The van der Waals surface area contributed by atoms with Crippen molar-refractivity contribution in [2.24, 2.45) is 0 Å². The molecule has 7 nitrogen and oxygen atoms in total. The molecule has 1 amide bonds. The molecule has 1 N–H and O–H groups in total. The summed E-state index contributed by atoms with van der Waals surface area (Å²) in [7, 11) is 0. The molecule has 0 saturated heterocycles. The van der Waals surface area contributed by atoms with E-state index in [-0.39, 0.29) is 19.1 Å². The molecule has 4 aromatic rings. The Labute approximate surface area is 190 Å². The number of hydrogen-bond acceptors (Lipinski definition) is 6. The highest BCUT2D eigenvalue weighted by atomic mass is 32.1. The van der Waals surface area contributed by atoms with E-state index in [1.165, 1.54) is 11.3 Å². The van der Waals surface area contributed by atoms with Gasteiger partial charge in [0.05, 0.1) is 12.1 Å². The van der Waals surface area contributed by atoms with Gasteiger partial charge in [0, 0.05) is 10.9 Å². The third-order valence-electron chi connectivity index (χ3n) is 5.31. The van der Waals surface area contributed by atoms with E-state index < -0.39 is 5.97 Å². The van der Waals surface area contributed by atoms with Gasteiger partial charge in [0.1, 0.15) is 22.6 Å². The number of carbonyl (C=O) groups excluding carboxylic acids is 2. The van der Waals surface area contributed by atoms with Crippen molar-refractivity contribution in [3.63, 3.8) is 0 Å². The molecule has 164 valence electrons. The van der Waals surface area contributed by atoms with Gasteiger partial charge in [0.15, 0.2) is 0 Å². The molecule has 2 aromatic heterocycles. The quantitative estimate of drug-likeness (QED) is 0.424. The van der Waals surface area contributed by atoms with Crippen LogP contribution in [0, 0.1) is 20.8 Å². The number of carbonyl (C=O) groups is 2. The molecule has 0 unspecified atom stereocenters. The maximum absolute atomic E-state index is 12.9. The number of hydrogen-bond donors (Lipinski definition) is 1. The number of anilines is 1. The molecule has 0 aliphatic heterocycles. The van der Waals surface area contributed by atoms with E-state index in [1.807, 2.05) is 62.5 Å². The number of esters is 1. The molecule has 32 heavy (non-hydrogen) atoms. The van der Waals surface area contributed by atoms with Crippen molar-refractivity contribution >= 4 is 39.2 Å². The van der Waals surface area contributed by atoms with Crippen LogP contribution in [0.15, 0.2) is 41.8 Å². The van der Waals surface area contributed by atoms with Gasteiger partial charge >= 0.3 is 5.97 Å². The minimum Gasteiger partial charge on any atom is -0.462 e. The van der Waals surface area contributed by atoms with E-state index >= 15 is 0 Å². The molecule has 0 saturated carbocycles. The van der Waals surface area contributed by atoms with Crippen LogP contribution in [0.3, 0.4) is 0 Å². The first kappa shape index (κ1) is 21.7. The number of aromatic nitrogens is 3. The minimum atomic E-state index is -0.461. The van der Waals surface area contributed by atoms with E-state index in [0.29, 0.717) is 10.6 Å². The summed E-state index contributed by atoms with van der Waals surface area (Å²) in [6, 6.07) is 11.8. The fourth-order valence-corrected chi connectivity index (χ4v) is 4.42. The van der Waals surface area contributed by atoms with Gasteiger partial charge < -0.3 is 10.1 Å². The Balaban J connectivity index is 1.62. The van der Waals surface area contributed by atoms with Gasteiger partial charge in [0.2, 0.25) is 5.91 Å². The van der Waals surface area contributed by atoms with Crippen LogP contribution in [0.2, 0.25) is 0 Å². The zero-order valence-electron chi connectivity index (χ0n) is 18.4. The summed E-state index contributed by atoms with van der Waals surface area (Å²) in [4.78, 5) is 25.6. The van der Waals surface area contributed by atoms with Gasteiger partial charge in [-0.2, -0.15) is 0 Å². The first-order valence-corrected chi connectivity index (χ1v) is 11.2. The molecule has 0 aliphatic rings. The van der Waals surface area contributed by atoms with Crippen molar-refractivity contribution in [1.82, 2.24) is 15.0 Å². The molecule has 0 atom stereocenters. The second-order valence-electron chi connectivity index (χ2n) is 7.66. The third-order valence-corrected chi connectivity index (χ3v) is 6.20. The molecule has 0 aliphatic carbocycles. The van der Waals surface area contributed by atoms with Gasteiger partial charge in [-0.3, -0.25) is 4.79 Å². The maximum Gasteiger partial charge on any atom is 0.341 e. The third kappa shape index (κ3) is 4.27. The number of nitrogens with one attached hydrogen (secondary N) is 1. The van der Waals surface area contributed by atoms with Crippen molar-refractivity contribution in [2.75, 3.05) is 11.9 Å². The predicted octanol–water partition coefficient (Wildman–Crippen LogP) is 4.90. The summed E-state index contributed by atoms with van der Waals surface area (Å²) in [5.41, 5.74) is 6.88. The Morgan fingerprint density at radius 3 is 2.53 bits per heavy atom. The van der Waals surface area contributed by atoms with Crippen LogP contribution in [-0.4, -0.2) is 33.5 Å². The molecule has 0 bridgehead atoms. The lowest BCUT2D eigenvalue weighted by Gasteiger charge is -2.09. The molecular weight excluding hydrogens is 424 g/mol. The standard InChI is InChI=1S/C24H24N4O3S/c1-5-31-24(30)22-18(17-8-6-14(2)7-9-17)13-32-23(22)25-21(29)12-28-20-11-16(4)15(3)10-19(20)26-27-28/h6-11,13H,5,12H2,1-4H3,(H,25,29). The molecule has 2 heterocycles. The highest BCUT2D eigenvalue weighted by Crippen LogP contribution is 2.36. The molecule has 0 fully saturated rings. The fraction of sp³-hybridized carbons (Fsp3) is 0.250. The number of nitrogens with zero attached hydrogens (tertiary/aromatic N) is 3. The van der Waals surface area contributed by atoms with E-state index in [2.05, 4.69) is 15.6 Å². The average molecular weight is 449 g/mol. The number of fused-ring (bicyclic) bond motifs is 1. The first-order chi connectivity index (χ1) is 15.4. The molecular formula is C24H24N4O3S. The lowest BCUT2D eigenvalue weighted by molar-refractivity contribution is -0.116. The monoisotopic (exact) mass is 448 g/mol. The van der Waals surface area contributed by atoms with Crippen LogP contribution < -0.4 is 5.32 Å². The number of benzene rings is 2. The zero-order chi connectivity index (χ0) is 22.8. The van der Waals surface area contributed by atoms with Crippen molar-refractivity contribution in [1.29, 1.82) is 0 Å². The Morgan fingerprint density at radius 1 is 1.09 bits per heavy atom. The number of ether oxygens (including phenoxy) is 1. The van der Waals surface area contributed by atoms with Gasteiger partial charge in [-0.05, 0) is 56.5 Å². The van der Waals surface area contributed by atoms with Crippen LogP contribution in [0.4, 0.5) is 5.00 Å². The smallest absolute Gasteiger partial charge is 0.341 e. The molecule has 2 aromatic carbocycles. The topological polar surface area (TPSA) is 86.1 Å². The van der Waals surface area contributed by atoms with Crippen LogP contribution in [0.1, 0.15) is 34.0 Å². The van der Waals surface area contributed by atoms with Crippen molar-refractivity contribution < 1.29 is 14.3 Å². The second kappa shape index (κ2) is 8.92. The second-order valence-corrected chi connectivity index (χ2v) is 8.54.